The van der Waals surface area contributed by atoms with Crippen LogP contribution in [0, 0.1) is 0 Å². The Morgan fingerprint density at radius 2 is 0.388 bits per heavy atom. The third kappa shape index (κ3) is 11.8. The molecule has 0 amide bonds. The molecule has 21 heteroatoms. The van der Waals surface area contributed by atoms with Crippen molar-refractivity contribution in [1.29, 1.82) is 0 Å². The minimum Gasteiger partial charge on any atom is -0.504 e. The van der Waals surface area contributed by atoms with Crippen molar-refractivity contribution in [3.8, 4) is 69.0 Å². The molecule has 4 aromatic rings. The number of carboxylic acids is 4. The number of hydrogen-bond acceptors (Lipinski definition) is 16. The predicted molar refractivity (Wildman–Crippen MR) is 154 cm³/mol. The van der Waals surface area contributed by atoms with Gasteiger partial charge in [-0.15, -0.1) is 0 Å². The molecular weight excluding hydrogens is 835 g/mol. The van der Waals surface area contributed by atoms with Gasteiger partial charge in [-0.3, -0.25) is 0 Å². The van der Waals surface area contributed by atoms with Gasteiger partial charge < -0.3 is 81.7 Å². The molecule has 260 valence electrons. The third-order valence-electron chi connectivity index (χ3n) is 5.27. The molecule has 0 spiro atoms. The second-order valence-electron chi connectivity index (χ2n) is 8.67. The SMILES string of the molecule is O=C(O)c1cc(O)c(O)c(O)c1.O=C(O)c1cc(O)c(O)c(O)c1.O=C(O)c1cc(O)c(O)c(O)c1.O=C(O)c1cc(O)c(O)c(O)c1.[Hf]. The first-order valence-electron chi connectivity index (χ1n) is 12.0. The molecule has 0 bridgehead atoms. The summed E-state index contributed by atoms with van der Waals surface area (Å²) in [7, 11) is 0. The predicted octanol–water partition coefficient (Wildman–Crippen LogP) is 2.00. The van der Waals surface area contributed by atoms with Crippen LogP contribution in [0.5, 0.6) is 69.0 Å². The molecule has 0 aliphatic heterocycles. The van der Waals surface area contributed by atoms with Crippen LogP contribution in [0.4, 0.5) is 0 Å². The average Bonchev–Trinajstić information content (AvgIpc) is 2.99. The van der Waals surface area contributed by atoms with Gasteiger partial charge in [-0.2, -0.15) is 0 Å². The molecule has 0 heterocycles. The summed E-state index contributed by atoms with van der Waals surface area (Å²) in [6.07, 6.45) is 0. The Balaban J connectivity index is 0.000000623. The van der Waals surface area contributed by atoms with E-state index >= 15 is 0 Å². The van der Waals surface area contributed by atoms with Crippen LogP contribution < -0.4 is 0 Å². The Morgan fingerprint density at radius 3 is 0.469 bits per heavy atom. The molecule has 4 rings (SSSR count). The molecule has 0 aliphatic carbocycles. The van der Waals surface area contributed by atoms with Crippen molar-refractivity contribution in [2.45, 2.75) is 0 Å². The maximum absolute atomic E-state index is 10.3. The fraction of sp³-hybridized carbons (Fsp3) is 0. The van der Waals surface area contributed by atoms with Crippen molar-refractivity contribution in [2.75, 3.05) is 0 Å². The number of hydrogen-bond donors (Lipinski definition) is 16. The van der Waals surface area contributed by atoms with E-state index in [2.05, 4.69) is 0 Å². The largest absolute Gasteiger partial charge is 0.504 e. The molecule has 0 saturated carbocycles. The number of phenols is 12. The van der Waals surface area contributed by atoms with E-state index in [1.165, 1.54) is 0 Å². The van der Waals surface area contributed by atoms with E-state index < -0.39 is 92.9 Å². The van der Waals surface area contributed by atoms with Crippen LogP contribution >= 0.6 is 0 Å². The molecule has 0 unspecified atom stereocenters. The summed E-state index contributed by atoms with van der Waals surface area (Å²) in [5, 5.41) is 140. The Hall–Kier alpha value is -6.77. The zero-order chi connectivity index (χ0) is 37.2. The van der Waals surface area contributed by atoms with Gasteiger partial charge in [0.05, 0.1) is 22.3 Å². The minimum atomic E-state index is -1.29. The van der Waals surface area contributed by atoms with Gasteiger partial charge in [-0.25, -0.2) is 19.2 Å². The van der Waals surface area contributed by atoms with E-state index in [1.807, 2.05) is 0 Å². The van der Waals surface area contributed by atoms with Crippen LogP contribution in [-0.2, 0) is 25.8 Å². The van der Waals surface area contributed by atoms with Crippen molar-refractivity contribution < 1.29 is 127 Å². The van der Waals surface area contributed by atoms with Crippen molar-refractivity contribution in [1.82, 2.24) is 0 Å². The number of benzene rings is 4. The van der Waals surface area contributed by atoms with Crippen molar-refractivity contribution in [3.63, 3.8) is 0 Å². The van der Waals surface area contributed by atoms with E-state index in [-0.39, 0.29) is 48.1 Å². The third-order valence-corrected chi connectivity index (χ3v) is 5.27. The van der Waals surface area contributed by atoms with Gasteiger partial charge in [0.15, 0.2) is 69.0 Å². The van der Waals surface area contributed by atoms with Gasteiger partial charge in [0.25, 0.3) is 0 Å². The smallest absolute Gasteiger partial charge is 0.335 e. The summed E-state index contributed by atoms with van der Waals surface area (Å²) in [5.74, 6) is -13.3. The maximum Gasteiger partial charge on any atom is 0.335 e. The maximum atomic E-state index is 10.3. The van der Waals surface area contributed by atoms with Gasteiger partial charge in [0.1, 0.15) is 0 Å². The minimum absolute atomic E-state index is 0. The van der Waals surface area contributed by atoms with E-state index in [0.717, 1.165) is 48.5 Å². The quantitative estimate of drug-likeness (QED) is 0.103. The molecule has 20 nitrogen and oxygen atoms in total. The standard InChI is InChI=1S/4C7H6O5.Hf/c4*8-4-1-3(7(11)12)2-5(9)6(4)10;/h4*1-2,8-10H,(H,11,12);. The van der Waals surface area contributed by atoms with E-state index in [0.29, 0.717) is 0 Å². The molecule has 0 fully saturated rings. The fourth-order valence-electron chi connectivity index (χ4n) is 2.91. The molecule has 0 aliphatic rings. The summed E-state index contributed by atoms with van der Waals surface area (Å²) >= 11 is 0. The van der Waals surface area contributed by atoms with Gasteiger partial charge in [0, 0.05) is 25.8 Å². The number of carbonyl (C=O) groups is 4. The molecule has 16 N–H and O–H groups in total. The van der Waals surface area contributed by atoms with Gasteiger partial charge >= 0.3 is 23.9 Å². The fourth-order valence-corrected chi connectivity index (χ4v) is 2.91. The van der Waals surface area contributed by atoms with Crippen molar-refractivity contribution in [2.24, 2.45) is 0 Å². The summed E-state index contributed by atoms with van der Waals surface area (Å²) in [5.41, 5.74) is -1.16. The number of rotatable bonds is 4. The molecule has 49 heavy (non-hydrogen) atoms. The first-order chi connectivity index (χ1) is 22.1. The van der Waals surface area contributed by atoms with Crippen LogP contribution in [0.25, 0.3) is 0 Å². The van der Waals surface area contributed by atoms with Gasteiger partial charge in [-0.1, -0.05) is 0 Å². The van der Waals surface area contributed by atoms with Crippen LogP contribution in [0.2, 0.25) is 0 Å². The second-order valence-corrected chi connectivity index (χ2v) is 8.67. The van der Waals surface area contributed by atoms with E-state index in [4.69, 9.17) is 81.7 Å². The topological polar surface area (TPSA) is 392 Å². The summed E-state index contributed by atoms with van der Waals surface area (Å²) < 4.78 is 0. The summed E-state index contributed by atoms with van der Waals surface area (Å²) in [6.45, 7) is 0. The molecule has 0 radical (unpaired) electrons. The van der Waals surface area contributed by atoms with Crippen LogP contribution in [0.15, 0.2) is 48.5 Å². The molecular formula is C28H24HfO20. The van der Waals surface area contributed by atoms with Crippen LogP contribution in [0.3, 0.4) is 0 Å². The Bertz CT molecular complexity index is 1510. The number of phenolic OH excluding ortho intramolecular Hbond substituents is 12. The first kappa shape index (κ1) is 42.2. The normalized spacial score (nSPS) is 9.47. The second kappa shape index (κ2) is 17.8. The first-order valence-corrected chi connectivity index (χ1v) is 12.0. The van der Waals surface area contributed by atoms with E-state index in [1.54, 1.807) is 0 Å². The average molecular weight is 859 g/mol. The van der Waals surface area contributed by atoms with E-state index in [9.17, 15) is 19.2 Å². The zero-order valence-corrected chi connectivity index (χ0v) is 27.5. The Kier molecular flexibility index (Phi) is 15.3. The van der Waals surface area contributed by atoms with Crippen LogP contribution in [-0.4, -0.2) is 106 Å². The van der Waals surface area contributed by atoms with Gasteiger partial charge in [0.2, 0.25) is 0 Å². The van der Waals surface area contributed by atoms with Crippen molar-refractivity contribution >= 4 is 23.9 Å². The van der Waals surface area contributed by atoms with Gasteiger partial charge in [-0.05, 0) is 48.5 Å². The number of carboxylic acid groups (broad SMARTS) is 4. The monoisotopic (exact) mass is 860 g/mol. The zero-order valence-electron chi connectivity index (χ0n) is 23.9. The molecule has 4 aromatic carbocycles. The molecule has 0 aromatic heterocycles. The van der Waals surface area contributed by atoms with Crippen molar-refractivity contribution in [3.05, 3.63) is 70.8 Å². The molecule has 0 saturated heterocycles. The number of aromatic hydroxyl groups is 12. The summed E-state index contributed by atoms with van der Waals surface area (Å²) in [6, 6.07) is 6.76. The van der Waals surface area contributed by atoms with Crippen LogP contribution in [0.1, 0.15) is 41.4 Å². The molecule has 0 atom stereocenters. The Labute approximate surface area is 289 Å². The summed E-state index contributed by atoms with van der Waals surface area (Å²) in [4.78, 5) is 41.3. The Morgan fingerprint density at radius 1 is 0.286 bits per heavy atom. The number of aromatic carboxylic acids is 4.